The average molecular weight is 353 g/mol. The molecule has 2 atom stereocenters. The predicted molar refractivity (Wildman–Crippen MR) is 93.4 cm³/mol. The number of carboxylic acid groups (broad SMARTS) is 1. The Balaban J connectivity index is 1.92. The van der Waals surface area contributed by atoms with Crippen molar-refractivity contribution in [2.24, 2.45) is 0 Å². The van der Waals surface area contributed by atoms with Crippen molar-refractivity contribution in [3.8, 4) is 11.5 Å². The van der Waals surface area contributed by atoms with Crippen molar-refractivity contribution >= 4 is 11.9 Å². The third-order valence-corrected chi connectivity index (χ3v) is 4.94. The van der Waals surface area contributed by atoms with Crippen LogP contribution in [-0.4, -0.2) is 34.7 Å². The Morgan fingerprint density at radius 3 is 2.62 bits per heavy atom. The monoisotopic (exact) mass is 353 g/mol. The van der Waals surface area contributed by atoms with Crippen LogP contribution in [-0.2, 0) is 4.79 Å². The Hall–Kier alpha value is -3.02. The minimum atomic E-state index is -0.960. The standard InChI is InChI=1S/C20H19NO5/c1-11(2)21-18(12-7-8-15-16(9-12)26-10-25-15)17(20(23)24)13-5-3-4-6-14(13)19(21)22/h3-9,11,17-18H,10H2,1-2H3,(H,23,24)/t17-,18+/m0/s1. The molecule has 4 rings (SSSR count). The fourth-order valence-electron chi connectivity index (χ4n) is 3.83. The summed E-state index contributed by atoms with van der Waals surface area (Å²) < 4.78 is 10.8. The highest BCUT2D eigenvalue weighted by atomic mass is 16.7. The zero-order valence-electron chi connectivity index (χ0n) is 14.5. The van der Waals surface area contributed by atoms with Gasteiger partial charge in [0.1, 0.15) is 5.92 Å². The molecule has 26 heavy (non-hydrogen) atoms. The molecule has 2 aromatic rings. The van der Waals surface area contributed by atoms with E-state index in [-0.39, 0.29) is 18.7 Å². The largest absolute Gasteiger partial charge is 0.481 e. The van der Waals surface area contributed by atoms with E-state index in [0.717, 1.165) is 5.56 Å². The number of amides is 1. The molecule has 0 aromatic heterocycles. The first-order chi connectivity index (χ1) is 12.5. The van der Waals surface area contributed by atoms with Crippen molar-refractivity contribution in [3.05, 3.63) is 59.2 Å². The Kier molecular flexibility index (Phi) is 3.83. The SMILES string of the molecule is CC(C)N1C(=O)c2ccccc2[C@H](C(=O)O)[C@H]1c1ccc2c(c1)OCO2. The maximum Gasteiger partial charge on any atom is 0.313 e. The second-order valence-corrected chi connectivity index (χ2v) is 6.77. The summed E-state index contributed by atoms with van der Waals surface area (Å²) in [5.41, 5.74) is 1.72. The lowest BCUT2D eigenvalue weighted by Gasteiger charge is -2.43. The van der Waals surface area contributed by atoms with E-state index in [1.807, 2.05) is 19.9 Å². The molecule has 6 nitrogen and oxygen atoms in total. The molecule has 134 valence electrons. The van der Waals surface area contributed by atoms with Crippen LogP contribution in [0.15, 0.2) is 42.5 Å². The molecular formula is C20H19NO5. The van der Waals surface area contributed by atoms with Crippen molar-refractivity contribution in [2.75, 3.05) is 6.79 Å². The number of carbonyl (C=O) groups is 2. The number of aliphatic carboxylic acids is 1. The summed E-state index contributed by atoms with van der Waals surface area (Å²) in [5, 5.41) is 10.0. The van der Waals surface area contributed by atoms with Gasteiger partial charge >= 0.3 is 5.97 Å². The lowest BCUT2D eigenvalue weighted by Crippen LogP contribution is -2.48. The third-order valence-electron chi connectivity index (χ3n) is 4.94. The summed E-state index contributed by atoms with van der Waals surface area (Å²) >= 11 is 0. The van der Waals surface area contributed by atoms with E-state index in [1.54, 1.807) is 41.3 Å². The van der Waals surface area contributed by atoms with Crippen molar-refractivity contribution in [2.45, 2.75) is 31.8 Å². The van der Waals surface area contributed by atoms with E-state index < -0.39 is 17.9 Å². The second kappa shape index (κ2) is 6.05. The fraction of sp³-hybridized carbons (Fsp3) is 0.300. The summed E-state index contributed by atoms with van der Waals surface area (Å²) in [4.78, 5) is 27.0. The maximum atomic E-state index is 13.1. The molecular weight excluding hydrogens is 334 g/mol. The van der Waals surface area contributed by atoms with Gasteiger partial charge in [-0.15, -0.1) is 0 Å². The van der Waals surface area contributed by atoms with Crippen LogP contribution in [0.25, 0.3) is 0 Å². The number of nitrogens with zero attached hydrogens (tertiary/aromatic N) is 1. The number of rotatable bonds is 3. The number of ether oxygens (including phenoxy) is 2. The molecule has 0 fully saturated rings. The average Bonchev–Trinajstić information content (AvgIpc) is 3.08. The van der Waals surface area contributed by atoms with Gasteiger partial charge in [0.25, 0.3) is 5.91 Å². The lowest BCUT2D eigenvalue weighted by atomic mass is 9.79. The Morgan fingerprint density at radius 2 is 1.88 bits per heavy atom. The quantitative estimate of drug-likeness (QED) is 0.917. The number of hydrogen-bond donors (Lipinski definition) is 1. The minimum absolute atomic E-state index is 0.140. The third kappa shape index (κ3) is 2.41. The van der Waals surface area contributed by atoms with Crippen LogP contribution >= 0.6 is 0 Å². The van der Waals surface area contributed by atoms with Crippen LogP contribution in [0.5, 0.6) is 11.5 Å². The van der Waals surface area contributed by atoms with Crippen LogP contribution in [0.4, 0.5) is 0 Å². The van der Waals surface area contributed by atoms with E-state index in [9.17, 15) is 14.7 Å². The molecule has 1 amide bonds. The van der Waals surface area contributed by atoms with Gasteiger partial charge in [0.05, 0.1) is 6.04 Å². The van der Waals surface area contributed by atoms with Crippen molar-refractivity contribution in [1.82, 2.24) is 4.90 Å². The summed E-state index contributed by atoms with van der Waals surface area (Å²) in [6.07, 6.45) is 0. The molecule has 6 heteroatoms. The van der Waals surface area contributed by atoms with Gasteiger partial charge in [0.15, 0.2) is 11.5 Å². The number of carboxylic acids is 1. The zero-order chi connectivity index (χ0) is 18.4. The first-order valence-corrected chi connectivity index (χ1v) is 8.53. The Labute approximate surface area is 151 Å². The molecule has 2 heterocycles. The molecule has 0 saturated carbocycles. The Morgan fingerprint density at radius 1 is 1.15 bits per heavy atom. The van der Waals surface area contributed by atoms with Crippen molar-refractivity contribution in [1.29, 1.82) is 0 Å². The number of benzene rings is 2. The molecule has 0 spiro atoms. The van der Waals surface area contributed by atoms with Crippen LogP contribution < -0.4 is 9.47 Å². The summed E-state index contributed by atoms with van der Waals surface area (Å²) in [7, 11) is 0. The minimum Gasteiger partial charge on any atom is -0.481 e. The van der Waals surface area contributed by atoms with E-state index >= 15 is 0 Å². The smallest absolute Gasteiger partial charge is 0.313 e. The van der Waals surface area contributed by atoms with E-state index in [2.05, 4.69) is 0 Å². The fourth-order valence-corrected chi connectivity index (χ4v) is 3.83. The van der Waals surface area contributed by atoms with Gasteiger partial charge in [-0.25, -0.2) is 0 Å². The van der Waals surface area contributed by atoms with E-state index in [4.69, 9.17) is 9.47 Å². The normalized spacial score (nSPS) is 21.0. The highest BCUT2D eigenvalue weighted by Crippen LogP contribution is 2.46. The highest BCUT2D eigenvalue weighted by molar-refractivity contribution is 6.00. The van der Waals surface area contributed by atoms with Gasteiger partial charge in [0, 0.05) is 11.6 Å². The zero-order valence-corrected chi connectivity index (χ0v) is 14.5. The molecule has 0 aliphatic carbocycles. The maximum absolute atomic E-state index is 13.1. The van der Waals surface area contributed by atoms with Gasteiger partial charge < -0.3 is 19.5 Å². The van der Waals surface area contributed by atoms with Crippen molar-refractivity contribution < 1.29 is 24.2 Å². The van der Waals surface area contributed by atoms with Crippen LogP contribution in [0.2, 0.25) is 0 Å². The molecule has 0 radical (unpaired) electrons. The summed E-state index contributed by atoms with van der Waals surface area (Å²) in [6, 6.07) is 11.5. The van der Waals surface area contributed by atoms with Gasteiger partial charge in [-0.1, -0.05) is 24.3 Å². The van der Waals surface area contributed by atoms with Crippen molar-refractivity contribution in [3.63, 3.8) is 0 Å². The highest BCUT2D eigenvalue weighted by Gasteiger charge is 2.45. The molecule has 1 N–H and O–H groups in total. The first-order valence-electron chi connectivity index (χ1n) is 8.53. The summed E-state index contributed by atoms with van der Waals surface area (Å²) in [6.45, 7) is 3.93. The topological polar surface area (TPSA) is 76.1 Å². The van der Waals surface area contributed by atoms with Gasteiger partial charge in [0.2, 0.25) is 6.79 Å². The molecule has 0 saturated heterocycles. The van der Waals surface area contributed by atoms with Crippen LogP contribution in [0.3, 0.4) is 0 Å². The molecule has 2 aliphatic rings. The molecule has 0 unspecified atom stereocenters. The van der Waals surface area contributed by atoms with E-state index in [1.165, 1.54) is 0 Å². The van der Waals surface area contributed by atoms with Gasteiger partial charge in [-0.3, -0.25) is 9.59 Å². The van der Waals surface area contributed by atoms with Gasteiger partial charge in [-0.05, 0) is 43.2 Å². The molecule has 2 aliphatic heterocycles. The predicted octanol–water partition coefficient (Wildman–Crippen LogP) is 3.19. The van der Waals surface area contributed by atoms with Crippen LogP contribution in [0.1, 0.15) is 47.3 Å². The van der Waals surface area contributed by atoms with Crippen LogP contribution in [0, 0.1) is 0 Å². The number of hydrogen-bond acceptors (Lipinski definition) is 4. The molecule has 2 aromatic carbocycles. The number of carbonyl (C=O) groups excluding carboxylic acids is 1. The lowest BCUT2D eigenvalue weighted by molar-refractivity contribution is -0.140. The molecule has 0 bridgehead atoms. The summed E-state index contributed by atoms with van der Waals surface area (Å²) in [5.74, 6) is -0.776. The first kappa shape index (κ1) is 16.4. The second-order valence-electron chi connectivity index (χ2n) is 6.77. The van der Waals surface area contributed by atoms with Gasteiger partial charge in [-0.2, -0.15) is 0 Å². The number of fused-ring (bicyclic) bond motifs is 2. The van der Waals surface area contributed by atoms with E-state index in [0.29, 0.717) is 22.6 Å². The Bertz CT molecular complexity index is 892.